The van der Waals surface area contributed by atoms with Crippen LogP contribution in [0.1, 0.15) is 27.2 Å². The molecule has 0 aliphatic rings. The zero-order chi connectivity index (χ0) is 13.9. The van der Waals surface area contributed by atoms with Gasteiger partial charge in [-0.1, -0.05) is 13.8 Å². The van der Waals surface area contributed by atoms with E-state index >= 15 is 0 Å². The Morgan fingerprint density at radius 1 is 1.39 bits per heavy atom. The normalized spacial score (nSPS) is 13.9. The minimum Gasteiger partial charge on any atom is -0.207 e. The lowest BCUT2D eigenvalue weighted by molar-refractivity contribution is 0.342. The molecule has 0 spiro atoms. The molecular formula is C12H17BrFNO2S. The molecular weight excluding hydrogens is 321 g/mol. The van der Waals surface area contributed by atoms with E-state index in [1.165, 1.54) is 10.4 Å². The summed E-state index contributed by atoms with van der Waals surface area (Å²) < 4.78 is 39.6. The summed E-state index contributed by atoms with van der Waals surface area (Å²) in [5.74, 6) is -0.465. The molecule has 0 N–H and O–H groups in total. The van der Waals surface area contributed by atoms with E-state index in [2.05, 4.69) is 15.9 Å². The second kappa shape index (κ2) is 6.12. The van der Waals surface area contributed by atoms with Gasteiger partial charge in [0, 0.05) is 17.1 Å². The second-order valence-corrected chi connectivity index (χ2v) is 6.75. The molecule has 0 heterocycles. The molecule has 0 radical (unpaired) electrons. The lowest BCUT2D eigenvalue weighted by Gasteiger charge is -2.26. The van der Waals surface area contributed by atoms with Crippen LogP contribution in [0.4, 0.5) is 4.39 Å². The Bertz CT molecular complexity index is 519. The molecule has 3 nitrogen and oxygen atoms in total. The predicted octanol–water partition coefficient (Wildman–Crippen LogP) is 3.40. The van der Waals surface area contributed by atoms with E-state index in [-0.39, 0.29) is 15.4 Å². The van der Waals surface area contributed by atoms with Gasteiger partial charge < -0.3 is 0 Å². The van der Waals surface area contributed by atoms with E-state index < -0.39 is 15.8 Å². The number of hydrogen-bond acceptors (Lipinski definition) is 2. The van der Waals surface area contributed by atoms with Crippen LogP contribution in [0.25, 0.3) is 0 Å². The average molecular weight is 338 g/mol. The Kier molecular flexibility index (Phi) is 5.31. The van der Waals surface area contributed by atoms with Gasteiger partial charge in [0.25, 0.3) is 0 Å². The van der Waals surface area contributed by atoms with Crippen LogP contribution in [0, 0.1) is 5.82 Å². The molecule has 1 rings (SSSR count). The molecule has 1 unspecified atom stereocenters. The summed E-state index contributed by atoms with van der Waals surface area (Å²) >= 11 is 3.11. The fraction of sp³-hybridized carbons (Fsp3) is 0.500. The van der Waals surface area contributed by atoms with Crippen LogP contribution in [-0.4, -0.2) is 25.3 Å². The third-order valence-electron chi connectivity index (χ3n) is 2.87. The lowest BCUT2D eigenvalue weighted by Crippen LogP contribution is -2.38. The standard InChI is InChI=1S/C12H17BrFNO2S/c1-4-9(3)15(5-2)18(16,17)12-7-6-10(14)8-11(12)13/h6-9H,4-5H2,1-3H3. The van der Waals surface area contributed by atoms with Crippen molar-refractivity contribution in [1.29, 1.82) is 0 Å². The minimum absolute atomic E-state index is 0.0862. The van der Waals surface area contributed by atoms with E-state index in [1.54, 1.807) is 6.92 Å². The summed E-state index contributed by atoms with van der Waals surface area (Å²) in [5, 5.41) is 0. The number of halogens is 2. The quantitative estimate of drug-likeness (QED) is 0.825. The first-order valence-corrected chi connectivity index (χ1v) is 8.04. The smallest absolute Gasteiger partial charge is 0.207 e. The number of sulfonamides is 1. The Morgan fingerprint density at radius 3 is 2.44 bits per heavy atom. The zero-order valence-electron chi connectivity index (χ0n) is 10.7. The number of nitrogens with zero attached hydrogens (tertiary/aromatic N) is 1. The van der Waals surface area contributed by atoms with Gasteiger partial charge in [0.1, 0.15) is 5.82 Å². The minimum atomic E-state index is -3.59. The third kappa shape index (κ3) is 3.10. The first-order valence-electron chi connectivity index (χ1n) is 5.81. The van der Waals surface area contributed by atoms with Crippen molar-refractivity contribution < 1.29 is 12.8 Å². The van der Waals surface area contributed by atoms with Crippen molar-refractivity contribution in [2.45, 2.75) is 38.1 Å². The molecule has 0 saturated carbocycles. The fourth-order valence-corrected chi connectivity index (χ4v) is 4.46. The molecule has 18 heavy (non-hydrogen) atoms. The van der Waals surface area contributed by atoms with E-state index in [0.717, 1.165) is 18.6 Å². The Labute approximate surface area is 116 Å². The molecule has 0 saturated heterocycles. The van der Waals surface area contributed by atoms with Gasteiger partial charge >= 0.3 is 0 Å². The summed E-state index contributed by atoms with van der Waals surface area (Å²) in [6.07, 6.45) is 0.728. The summed E-state index contributed by atoms with van der Waals surface area (Å²) in [6, 6.07) is 3.52. The molecule has 102 valence electrons. The highest BCUT2D eigenvalue weighted by atomic mass is 79.9. The summed E-state index contributed by atoms with van der Waals surface area (Å²) in [5.41, 5.74) is 0. The van der Waals surface area contributed by atoms with Crippen LogP contribution in [0.3, 0.4) is 0 Å². The van der Waals surface area contributed by atoms with Crippen LogP contribution in [0.5, 0.6) is 0 Å². The first-order chi connectivity index (χ1) is 8.34. The second-order valence-electron chi connectivity index (χ2n) is 4.04. The first kappa shape index (κ1) is 15.6. The molecule has 0 aliphatic carbocycles. The average Bonchev–Trinajstić information content (AvgIpc) is 2.28. The molecule has 0 fully saturated rings. The van der Waals surface area contributed by atoms with Crippen molar-refractivity contribution in [2.24, 2.45) is 0 Å². The molecule has 0 aromatic heterocycles. The van der Waals surface area contributed by atoms with Gasteiger partial charge in [0.15, 0.2) is 0 Å². The molecule has 1 atom stereocenters. The highest BCUT2D eigenvalue weighted by Gasteiger charge is 2.28. The van der Waals surface area contributed by atoms with E-state index in [1.807, 2.05) is 13.8 Å². The molecule has 1 aromatic rings. The predicted molar refractivity (Wildman–Crippen MR) is 73.4 cm³/mol. The van der Waals surface area contributed by atoms with Crippen molar-refractivity contribution in [2.75, 3.05) is 6.54 Å². The maximum atomic E-state index is 13.0. The van der Waals surface area contributed by atoms with Crippen molar-refractivity contribution in [3.63, 3.8) is 0 Å². The van der Waals surface area contributed by atoms with E-state index in [0.29, 0.717) is 6.54 Å². The zero-order valence-corrected chi connectivity index (χ0v) is 13.1. The highest BCUT2D eigenvalue weighted by Crippen LogP contribution is 2.27. The molecule has 0 amide bonds. The van der Waals surface area contributed by atoms with Gasteiger partial charge in [-0.2, -0.15) is 4.31 Å². The van der Waals surface area contributed by atoms with Gasteiger partial charge in [0.2, 0.25) is 10.0 Å². The van der Waals surface area contributed by atoms with Crippen molar-refractivity contribution >= 4 is 26.0 Å². The van der Waals surface area contributed by atoms with Crippen LogP contribution in [0.15, 0.2) is 27.6 Å². The largest absolute Gasteiger partial charge is 0.244 e. The van der Waals surface area contributed by atoms with Crippen molar-refractivity contribution in [3.8, 4) is 0 Å². The van der Waals surface area contributed by atoms with Crippen LogP contribution >= 0.6 is 15.9 Å². The van der Waals surface area contributed by atoms with Crippen LogP contribution in [-0.2, 0) is 10.0 Å². The van der Waals surface area contributed by atoms with Crippen molar-refractivity contribution in [3.05, 3.63) is 28.5 Å². The molecule has 6 heteroatoms. The lowest BCUT2D eigenvalue weighted by atomic mass is 10.3. The van der Waals surface area contributed by atoms with E-state index in [4.69, 9.17) is 0 Å². The molecule has 1 aromatic carbocycles. The van der Waals surface area contributed by atoms with Gasteiger partial charge in [-0.3, -0.25) is 0 Å². The maximum Gasteiger partial charge on any atom is 0.244 e. The van der Waals surface area contributed by atoms with Gasteiger partial charge in [-0.15, -0.1) is 0 Å². The molecule has 0 aliphatic heterocycles. The summed E-state index contributed by atoms with van der Waals surface area (Å²) in [7, 11) is -3.59. The summed E-state index contributed by atoms with van der Waals surface area (Å²) in [4.78, 5) is 0.103. The number of rotatable bonds is 5. The molecule has 0 bridgehead atoms. The fourth-order valence-electron chi connectivity index (χ4n) is 1.73. The Hall–Kier alpha value is -0.460. The SMILES string of the molecule is CCC(C)N(CC)S(=O)(=O)c1ccc(F)cc1Br. The van der Waals surface area contributed by atoms with Crippen LogP contribution < -0.4 is 0 Å². The monoisotopic (exact) mass is 337 g/mol. The van der Waals surface area contributed by atoms with E-state index in [9.17, 15) is 12.8 Å². The van der Waals surface area contributed by atoms with Gasteiger partial charge in [-0.25, -0.2) is 12.8 Å². The van der Waals surface area contributed by atoms with Crippen molar-refractivity contribution in [1.82, 2.24) is 4.31 Å². The topological polar surface area (TPSA) is 37.4 Å². The van der Waals surface area contributed by atoms with Crippen LogP contribution in [0.2, 0.25) is 0 Å². The van der Waals surface area contributed by atoms with Gasteiger partial charge in [0.05, 0.1) is 4.90 Å². The number of hydrogen-bond donors (Lipinski definition) is 0. The number of benzene rings is 1. The highest BCUT2D eigenvalue weighted by molar-refractivity contribution is 9.10. The Morgan fingerprint density at radius 2 is 2.00 bits per heavy atom. The maximum absolute atomic E-state index is 13.0. The Balaban J connectivity index is 3.27. The summed E-state index contributed by atoms with van der Waals surface area (Å²) in [6.45, 7) is 5.98. The van der Waals surface area contributed by atoms with Gasteiger partial charge in [-0.05, 0) is 47.5 Å². The third-order valence-corrected chi connectivity index (χ3v) is 5.94.